The molecule has 1 rings (SSSR count). The lowest BCUT2D eigenvalue weighted by Crippen LogP contribution is -2.28. The van der Waals surface area contributed by atoms with E-state index < -0.39 is 6.10 Å². The molecule has 0 radical (unpaired) electrons. The van der Waals surface area contributed by atoms with E-state index in [1.807, 2.05) is 19.9 Å². The van der Waals surface area contributed by atoms with Crippen LogP contribution >= 0.6 is 0 Å². The molecule has 0 saturated heterocycles. The third kappa shape index (κ3) is 3.85. The number of hydrogen-bond acceptors (Lipinski definition) is 3. The van der Waals surface area contributed by atoms with E-state index in [0.717, 1.165) is 5.69 Å². The Morgan fingerprint density at radius 2 is 2.18 bits per heavy atom. The third-order valence-corrected chi connectivity index (χ3v) is 2.57. The summed E-state index contributed by atoms with van der Waals surface area (Å²) in [6, 6.07) is 1.81. The van der Waals surface area contributed by atoms with E-state index in [9.17, 15) is 4.79 Å². The molecule has 0 fully saturated rings. The lowest BCUT2D eigenvalue weighted by molar-refractivity contribution is 0.0936. The van der Waals surface area contributed by atoms with E-state index in [0.29, 0.717) is 24.6 Å². The first-order chi connectivity index (χ1) is 7.91. The van der Waals surface area contributed by atoms with E-state index in [2.05, 4.69) is 10.4 Å². The second-order valence-electron chi connectivity index (χ2n) is 4.63. The van der Waals surface area contributed by atoms with Crippen LogP contribution in [-0.2, 0) is 7.05 Å². The van der Waals surface area contributed by atoms with Gasteiger partial charge in [-0.25, -0.2) is 0 Å². The van der Waals surface area contributed by atoms with Crippen molar-refractivity contribution in [3.05, 3.63) is 17.5 Å². The molecule has 2 N–H and O–H groups in total. The van der Waals surface area contributed by atoms with Crippen molar-refractivity contribution in [2.24, 2.45) is 7.05 Å². The summed E-state index contributed by atoms with van der Waals surface area (Å²) < 4.78 is 1.59. The molecule has 0 saturated carbocycles. The minimum atomic E-state index is -0.395. The summed E-state index contributed by atoms with van der Waals surface area (Å²) in [5.41, 5.74) is 1.47. The molecule has 1 aromatic rings. The predicted octanol–water partition coefficient (Wildman–Crippen LogP) is 1.04. The molecule has 1 atom stereocenters. The molecule has 0 bridgehead atoms. The SMILES string of the molecule is CC(O)CCNC(=O)c1cc(C(C)C)nn1C. The first kappa shape index (κ1) is 13.7. The Morgan fingerprint density at radius 1 is 1.53 bits per heavy atom. The van der Waals surface area contributed by atoms with Crippen molar-refractivity contribution < 1.29 is 9.90 Å². The minimum Gasteiger partial charge on any atom is -0.393 e. The van der Waals surface area contributed by atoms with Gasteiger partial charge < -0.3 is 10.4 Å². The van der Waals surface area contributed by atoms with Crippen molar-refractivity contribution in [1.29, 1.82) is 0 Å². The van der Waals surface area contributed by atoms with Crippen LogP contribution in [0.2, 0.25) is 0 Å². The molecule has 5 heteroatoms. The fraction of sp³-hybridized carbons (Fsp3) is 0.667. The number of nitrogens with zero attached hydrogens (tertiary/aromatic N) is 2. The van der Waals surface area contributed by atoms with Gasteiger partial charge in [-0.3, -0.25) is 9.48 Å². The molecule has 0 aliphatic heterocycles. The van der Waals surface area contributed by atoms with Crippen LogP contribution in [0.25, 0.3) is 0 Å². The van der Waals surface area contributed by atoms with Crippen LogP contribution in [0.15, 0.2) is 6.07 Å². The van der Waals surface area contributed by atoms with E-state index in [1.54, 1.807) is 18.7 Å². The fourth-order valence-corrected chi connectivity index (χ4v) is 1.47. The Labute approximate surface area is 102 Å². The molecular weight excluding hydrogens is 218 g/mol. The molecule has 0 spiro atoms. The maximum absolute atomic E-state index is 11.8. The standard InChI is InChI=1S/C12H21N3O2/c1-8(2)10-7-11(15(4)14-10)12(17)13-6-5-9(3)16/h7-9,16H,5-6H2,1-4H3,(H,13,17). The highest BCUT2D eigenvalue weighted by molar-refractivity contribution is 5.92. The zero-order valence-corrected chi connectivity index (χ0v) is 10.9. The normalized spacial score (nSPS) is 12.8. The van der Waals surface area contributed by atoms with Crippen molar-refractivity contribution >= 4 is 5.91 Å². The van der Waals surface area contributed by atoms with Gasteiger partial charge in [-0.2, -0.15) is 5.10 Å². The second-order valence-corrected chi connectivity index (χ2v) is 4.63. The van der Waals surface area contributed by atoms with Crippen molar-refractivity contribution in [2.75, 3.05) is 6.54 Å². The number of aryl methyl sites for hydroxylation is 1. The van der Waals surface area contributed by atoms with Gasteiger partial charge in [-0.15, -0.1) is 0 Å². The molecule has 1 amide bonds. The molecule has 0 aliphatic carbocycles. The number of aliphatic hydroxyl groups excluding tert-OH is 1. The molecule has 1 unspecified atom stereocenters. The largest absolute Gasteiger partial charge is 0.393 e. The number of rotatable bonds is 5. The highest BCUT2D eigenvalue weighted by Gasteiger charge is 2.14. The Balaban J connectivity index is 2.62. The quantitative estimate of drug-likeness (QED) is 0.807. The highest BCUT2D eigenvalue weighted by atomic mass is 16.3. The fourth-order valence-electron chi connectivity index (χ4n) is 1.47. The van der Waals surface area contributed by atoms with Crippen molar-refractivity contribution in [3.8, 4) is 0 Å². The van der Waals surface area contributed by atoms with E-state index in [-0.39, 0.29) is 5.91 Å². The molecule has 0 aliphatic rings. The summed E-state index contributed by atoms with van der Waals surface area (Å²) in [6.45, 7) is 6.25. The summed E-state index contributed by atoms with van der Waals surface area (Å²) in [5, 5.41) is 16.1. The average molecular weight is 239 g/mol. The maximum atomic E-state index is 11.8. The van der Waals surface area contributed by atoms with Crippen LogP contribution in [0.5, 0.6) is 0 Å². The van der Waals surface area contributed by atoms with E-state index >= 15 is 0 Å². The van der Waals surface area contributed by atoms with Gasteiger partial charge in [-0.1, -0.05) is 13.8 Å². The highest BCUT2D eigenvalue weighted by Crippen LogP contribution is 2.13. The number of aliphatic hydroxyl groups is 1. The van der Waals surface area contributed by atoms with Gasteiger partial charge in [0.05, 0.1) is 11.8 Å². The van der Waals surface area contributed by atoms with Gasteiger partial charge >= 0.3 is 0 Å². The van der Waals surface area contributed by atoms with Gasteiger partial charge in [-0.05, 0) is 25.3 Å². The number of nitrogens with one attached hydrogen (secondary N) is 1. The van der Waals surface area contributed by atoms with Gasteiger partial charge in [0.15, 0.2) is 0 Å². The second kappa shape index (κ2) is 5.82. The van der Waals surface area contributed by atoms with Crippen molar-refractivity contribution in [2.45, 2.75) is 39.2 Å². The zero-order chi connectivity index (χ0) is 13.0. The van der Waals surface area contributed by atoms with Crippen LogP contribution in [0.4, 0.5) is 0 Å². The first-order valence-electron chi connectivity index (χ1n) is 5.92. The minimum absolute atomic E-state index is 0.146. The van der Waals surface area contributed by atoms with Crippen LogP contribution < -0.4 is 5.32 Å². The Hall–Kier alpha value is -1.36. The summed E-state index contributed by atoms with van der Waals surface area (Å²) in [4.78, 5) is 11.8. The van der Waals surface area contributed by atoms with Crippen molar-refractivity contribution in [3.63, 3.8) is 0 Å². The molecule has 17 heavy (non-hydrogen) atoms. The Kier molecular flexibility index (Phi) is 4.69. The molecule has 96 valence electrons. The van der Waals surface area contributed by atoms with Crippen LogP contribution in [0.3, 0.4) is 0 Å². The zero-order valence-electron chi connectivity index (χ0n) is 10.9. The molecular formula is C12H21N3O2. The smallest absolute Gasteiger partial charge is 0.269 e. The lowest BCUT2D eigenvalue weighted by atomic mass is 10.1. The number of aromatic nitrogens is 2. The molecule has 1 heterocycles. The average Bonchev–Trinajstić information content (AvgIpc) is 2.59. The van der Waals surface area contributed by atoms with Gasteiger partial charge in [0.2, 0.25) is 0 Å². The Bertz CT molecular complexity index is 383. The van der Waals surface area contributed by atoms with E-state index in [4.69, 9.17) is 5.11 Å². The summed E-state index contributed by atoms with van der Waals surface area (Å²) in [6.07, 6.45) is 0.161. The first-order valence-corrected chi connectivity index (χ1v) is 5.92. The van der Waals surface area contributed by atoms with Crippen LogP contribution in [0, 0.1) is 0 Å². The molecule has 0 aromatic carbocycles. The monoisotopic (exact) mass is 239 g/mol. The lowest BCUT2D eigenvalue weighted by Gasteiger charge is -2.06. The number of hydrogen-bond donors (Lipinski definition) is 2. The predicted molar refractivity (Wildman–Crippen MR) is 65.9 cm³/mol. The number of carbonyl (C=O) groups is 1. The molecule has 5 nitrogen and oxygen atoms in total. The maximum Gasteiger partial charge on any atom is 0.269 e. The van der Waals surface area contributed by atoms with E-state index in [1.165, 1.54) is 0 Å². The van der Waals surface area contributed by atoms with Crippen LogP contribution in [-0.4, -0.2) is 33.4 Å². The number of carbonyl (C=O) groups excluding carboxylic acids is 1. The van der Waals surface area contributed by atoms with Crippen molar-refractivity contribution in [1.82, 2.24) is 15.1 Å². The van der Waals surface area contributed by atoms with Gasteiger partial charge in [0.25, 0.3) is 5.91 Å². The third-order valence-electron chi connectivity index (χ3n) is 2.57. The van der Waals surface area contributed by atoms with Gasteiger partial charge in [0.1, 0.15) is 5.69 Å². The summed E-state index contributed by atoms with van der Waals surface area (Å²) in [5.74, 6) is 0.160. The van der Waals surface area contributed by atoms with Crippen LogP contribution in [0.1, 0.15) is 49.3 Å². The molecule has 1 aromatic heterocycles. The Morgan fingerprint density at radius 3 is 2.65 bits per heavy atom. The van der Waals surface area contributed by atoms with Gasteiger partial charge in [0, 0.05) is 13.6 Å². The number of amides is 1. The summed E-state index contributed by atoms with van der Waals surface area (Å²) >= 11 is 0. The topological polar surface area (TPSA) is 67.2 Å². The summed E-state index contributed by atoms with van der Waals surface area (Å²) in [7, 11) is 1.76.